The molecule has 0 aliphatic rings. The molecule has 1 aromatic heterocycles. The first-order valence-corrected chi connectivity index (χ1v) is 9.00. The van der Waals surface area contributed by atoms with Crippen LogP contribution in [0.5, 0.6) is 0 Å². The molecule has 0 aliphatic heterocycles. The molecule has 0 radical (unpaired) electrons. The molecule has 0 atom stereocenters. The first-order chi connectivity index (χ1) is 11.4. The summed E-state index contributed by atoms with van der Waals surface area (Å²) in [6.07, 6.45) is 0. The number of anilines is 1. The van der Waals surface area contributed by atoms with Gasteiger partial charge in [-0.3, -0.25) is 9.59 Å². The van der Waals surface area contributed by atoms with Crippen molar-refractivity contribution < 1.29 is 18.4 Å². The van der Waals surface area contributed by atoms with Crippen LogP contribution in [0.3, 0.4) is 0 Å². The van der Waals surface area contributed by atoms with Crippen LogP contribution < -0.4 is 5.32 Å². The van der Waals surface area contributed by atoms with Crippen molar-refractivity contribution in [3.05, 3.63) is 52.6 Å². The van der Waals surface area contributed by atoms with E-state index in [1.807, 2.05) is 0 Å². The zero-order chi connectivity index (χ0) is 17.5. The monoisotopic (exact) mass is 414 g/mol. The molecule has 0 bridgehead atoms. The third kappa shape index (κ3) is 6.01. The van der Waals surface area contributed by atoms with Crippen molar-refractivity contribution in [2.45, 2.75) is 6.54 Å². The molecule has 0 unspecified atom stereocenters. The Morgan fingerprint density at radius 1 is 1.21 bits per heavy atom. The van der Waals surface area contributed by atoms with Crippen LogP contribution in [0.4, 0.5) is 10.1 Å². The Morgan fingerprint density at radius 2 is 1.92 bits per heavy atom. The fourth-order valence-corrected chi connectivity index (χ4v) is 2.92. The molecule has 24 heavy (non-hydrogen) atoms. The van der Waals surface area contributed by atoms with E-state index in [0.717, 1.165) is 0 Å². The maximum absolute atomic E-state index is 12.8. The summed E-state index contributed by atoms with van der Waals surface area (Å²) in [5, 5.41) is 2.64. The molecule has 1 aromatic carbocycles. The van der Waals surface area contributed by atoms with E-state index in [1.165, 1.54) is 40.9 Å². The SMILES string of the molecule is CN(Cc1ccc(Br)o1)C(=O)CSCC(=O)Nc1ccc(F)cc1. The summed E-state index contributed by atoms with van der Waals surface area (Å²) in [5.41, 5.74) is 0.522. The molecule has 5 nitrogen and oxygen atoms in total. The fourth-order valence-electron chi connectivity index (χ4n) is 1.83. The molecule has 1 heterocycles. The number of benzene rings is 1. The first kappa shape index (κ1) is 18.5. The lowest BCUT2D eigenvalue weighted by Gasteiger charge is -2.15. The van der Waals surface area contributed by atoms with Crippen LogP contribution in [0.1, 0.15) is 5.76 Å². The van der Waals surface area contributed by atoms with Gasteiger partial charge in [0.25, 0.3) is 0 Å². The highest BCUT2D eigenvalue weighted by molar-refractivity contribution is 9.10. The number of hydrogen-bond acceptors (Lipinski definition) is 4. The molecule has 2 amide bonds. The summed E-state index contributed by atoms with van der Waals surface area (Å²) >= 11 is 4.43. The van der Waals surface area contributed by atoms with Gasteiger partial charge in [-0.05, 0) is 52.3 Å². The number of nitrogens with one attached hydrogen (secondary N) is 1. The molecule has 0 aliphatic carbocycles. The second-order valence-corrected chi connectivity index (χ2v) is 6.77. The van der Waals surface area contributed by atoms with Crippen molar-refractivity contribution >= 4 is 45.2 Å². The van der Waals surface area contributed by atoms with E-state index < -0.39 is 0 Å². The summed E-state index contributed by atoms with van der Waals surface area (Å²) in [6, 6.07) is 9.07. The highest BCUT2D eigenvalue weighted by atomic mass is 79.9. The summed E-state index contributed by atoms with van der Waals surface area (Å²) < 4.78 is 18.7. The van der Waals surface area contributed by atoms with Gasteiger partial charge >= 0.3 is 0 Å². The van der Waals surface area contributed by atoms with E-state index in [9.17, 15) is 14.0 Å². The van der Waals surface area contributed by atoms with Crippen molar-refractivity contribution in [2.24, 2.45) is 0 Å². The van der Waals surface area contributed by atoms with Crippen LogP contribution in [0, 0.1) is 5.82 Å². The number of halogens is 2. The van der Waals surface area contributed by atoms with Gasteiger partial charge in [-0.15, -0.1) is 11.8 Å². The zero-order valence-corrected chi connectivity index (χ0v) is 15.3. The number of amides is 2. The number of hydrogen-bond donors (Lipinski definition) is 1. The highest BCUT2D eigenvalue weighted by Gasteiger charge is 2.12. The lowest BCUT2D eigenvalue weighted by molar-refractivity contribution is -0.127. The van der Waals surface area contributed by atoms with Crippen LogP contribution >= 0.6 is 27.7 Å². The second kappa shape index (κ2) is 8.89. The van der Waals surface area contributed by atoms with E-state index in [2.05, 4.69) is 21.2 Å². The smallest absolute Gasteiger partial charge is 0.234 e. The molecule has 128 valence electrons. The zero-order valence-electron chi connectivity index (χ0n) is 12.9. The molecule has 0 saturated heterocycles. The van der Waals surface area contributed by atoms with Gasteiger partial charge in [0.2, 0.25) is 11.8 Å². The molecule has 0 saturated carbocycles. The summed E-state index contributed by atoms with van der Waals surface area (Å²) in [4.78, 5) is 25.3. The van der Waals surface area contributed by atoms with Crippen molar-refractivity contribution in [1.82, 2.24) is 4.90 Å². The van der Waals surface area contributed by atoms with Gasteiger partial charge in [0.1, 0.15) is 11.6 Å². The molecule has 1 N–H and O–H groups in total. The van der Waals surface area contributed by atoms with Gasteiger partial charge in [0.15, 0.2) is 4.67 Å². The van der Waals surface area contributed by atoms with E-state index in [4.69, 9.17) is 4.42 Å². The highest BCUT2D eigenvalue weighted by Crippen LogP contribution is 2.16. The van der Waals surface area contributed by atoms with Crippen molar-refractivity contribution in [2.75, 3.05) is 23.9 Å². The maximum atomic E-state index is 12.8. The number of rotatable bonds is 7. The van der Waals surface area contributed by atoms with Gasteiger partial charge in [0.05, 0.1) is 18.1 Å². The van der Waals surface area contributed by atoms with Gasteiger partial charge in [-0.1, -0.05) is 0 Å². The predicted molar refractivity (Wildman–Crippen MR) is 95.2 cm³/mol. The second-order valence-electron chi connectivity index (χ2n) is 5.00. The molecule has 2 aromatic rings. The van der Waals surface area contributed by atoms with Crippen LogP contribution in [0.15, 0.2) is 45.5 Å². The minimum Gasteiger partial charge on any atom is -0.452 e. The molecule has 8 heteroatoms. The Bertz CT molecular complexity index is 706. The molecular weight excluding hydrogens is 399 g/mol. The van der Waals surface area contributed by atoms with Gasteiger partial charge in [-0.25, -0.2) is 4.39 Å². The quantitative estimate of drug-likeness (QED) is 0.752. The standard InChI is InChI=1S/C16H16BrFN2O3S/c1-20(8-13-6-7-14(17)23-13)16(22)10-24-9-15(21)19-12-4-2-11(18)3-5-12/h2-7H,8-10H2,1H3,(H,19,21). The minimum absolute atomic E-state index is 0.0953. The Hall–Kier alpha value is -1.80. The topological polar surface area (TPSA) is 62.6 Å². The minimum atomic E-state index is -0.361. The van der Waals surface area contributed by atoms with Crippen LogP contribution in [-0.4, -0.2) is 35.3 Å². The van der Waals surface area contributed by atoms with Crippen LogP contribution in [-0.2, 0) is 16.1 Å². The third-order valence-corrected chi connectivity index (χ3v) is 4.38. The number of thioether (sulfide) groups is 1. The van der Waals surface area contributed by atoms with E-state index in [-0.39, 0.29) is 29.1 Å². The lowest BCUT2D eigenvalue weighted by atomic mass is 10.3. The predicted octanol–water partition coefficient (Wildman–Crippen LogP) is 3.51. The van der Waals surface area contributed by atoms with Gasteiger partial charge < -0.3 is 14.6 Å². The Balaban J connectivity index is 1.69. The van der Waals surface area contributed by atoms with Crippen molar-refractivity contribution in [3.8, 4) is 0 Å². The average Bonchev–Trinajstić information content (AvgIpc) is 2.94. The largest absolute Gasteiger partial charge is 0.452 e. The number of carbonyl (C=O) groups is 2. The summed E-state index contributed by atoms with van der Waals surface area (Å²) in [5.74, 6) is 0.314. The third-order valence-electron chi connectivity index (χ3n) is 3.03. The fraction of sp³-hybridized carbons (Fsp3) is 0.250. The normalized spacial score (nSPS) is 10.5. The Kier molecular flexibility index (Phi) is 6.86. The van der Waals surface area contributed by atoms with Crippen LogP contribution in [0.2, 0.25) is 0 Å². The maximum Gasteiger partial charge on any atom is 0.234 e. The Labute approximate surface area is 151 Å². The van der Waals surface area contributed by atoms with E-state index in [0.29, 0.717) is 22.7 Å². The average molecular weight is 415 g/mol. The summed E-state index contributed by atoms with van der Waals surface area (Å²) in [7, 11) is 1.68. The molecule has 0 spiro atoms. The lowest BCUT2D eigenvalue weighted by Crippen LogP contribution is -2.28. The molecule has 0 fully saturated rings. The Morgan fingerprint density at radius 3 is 2.54 bits per heavy atom. The number of nitrogens with zero attached hydrogens (tertiary/aromatic N) is 1. The molecular formula is C16H16BrFN2O3S. The van der Waals surface area contributed by atoms with E-state index >= 15 is 0 Å². The number of furan rings is 1. The first-order valence-electron chi connectivity index (χ1n) is 7.05. The summed E-state index contributed by atoms with van der Waals surface area (Å²) in [6.45, 7) is 0.368. The van der Waals surface area contributed by atoms with E-state index in [1.54, 1.807) is 19.2 Å². The van der Waals surface area contributed by atoms with Crippen molar-refractivity contribution in [3.63, 3.8) is 0 Å². The molecule has 2 rings (SSSR count). The van der Waals surface area contributed by atoms with Crippen molar-refractivity contribution in [1.29, 1.82) is 0 Å². The van der Waals surface area contributed by atoms with Gasteiger partial charge in [0, 0.05) is 12.7 Å². The van der Waals surface area contributed by atoms with Crippen LogP contribution in [0.25, 0.3) is 0 Å². The van der Waals surface area contributed by atoms with Gasteiger partial charge in [-0.2, -0.15) is 0 Å². The number of carbonyl (C=O) groups excluding carboxylic acids is 2.